The molecule has 2 N–H and O–H groups in total. The van der Waals surface area contributed by atoms with Crippen LogP contribution in [0, 0.1) is 5.92 Å². The largest absolute Gasteiger partial charge is 0.444 e. The van der Waals surface area contributed by atoms with Gasteiger partial charge in [0.2, 0.25) is 5.91 Å². The summed E-state index contributed by atoms with van der Waals surface area (Å²) in [5, 5.41) is 0. The fourth-order valence-corrected chi connectivity index (χ4v) is 2.77. The van der Waals surface area contributed by atoms with E-state index in [1.54, 1.807) is 4.90 Å². The number of nitrogens with two attached hydrogens (primary N) is 1. The van der Waals surface area contributed by atoms with Gasteiger partial charge in [0.25, 0.3) is 0 Å². The Labute approximate surface area is 140 Å². The van der Waals surface area contributed by atoms with Crippen LogP contribution in [0.3, 0.4) is 0 Å². The van der Waals surface area contributed by atoms with Gasteiger partial charge in [-0.25, -0.2) is 4.79 Å². The molecule has 2 unspecified atom stereocenters. The maximum absolute atomic E-state index is 12.6. The Hall–Kier alpha value is -1.30. The number of piperidine rings is 1. The molecule has 23 heavy (non-hydrogen) atoms. The summed E-state index contributed by atoms with van der Waals surface area (Å²) in [6.07, 6.45) is 1.45. The van der Waals surface area contributed by atoms with E-state index in [0.29, 0.717) is 19.6 Å². The van der Waals surface area contributed by atoms with Gasteiger partial charge in [0.1, 0.15) is 5.60 Å². The molecular formula is C17H33N3O3. The molecule has 0 aliphatic carbocycles. The monoisotopic (exact) mass is 327 g/mol. The van der Waals surface area contributed by atoms with Crippen molar-refractivity contribution in [3.05, 3.63) is 0 Å². The van der Waals surface area contributed by atoms with Crippen molar-refractivity contribution in [3.8, 4) is 0 Å². The zero-order valence-electron chi connectivity index (χ0n) is 15.5. The summed E-state index contributed by atoms with van der Waals surface area (Å²) in [5.74, 6) is 0.0700. The number of nitrogens with zero attached hydrogens (tertiary/aromatic N) is 2. The van der Waals surface area contributed by atoms with E-state index in [0.717, 1.165) is 12.8 Å². The minimum Gasteiger partial charge on any atom is -0.444 e. The number of amides is 2. The molecule has 0 radical (unpaired) electrons. The first-order valence-corrected chi connectivity index (χ1v) is 8.60. The van der Waals surface area contributed by atoms with Gasteiger partial charge in [0.05, 0.1) is 6.04 Å². The van der Waals surface area contributed by atoms with Gasteiger partial charge in [-0.2, -0.15) is 0 Å². The van der Waals surface area contributed by atoms with E-state index in [9.17, 15) is 9.59 Å². The zero-order chi connectivity index (χ0) is 17.8. The minimum atomic E-state index is -0.510. The van der Waals surface area contributed by atoms with Gasteiger partial charge < -0.3 is 20.3 Å². The molecule has 1 aliphatic rings. The highest BCUT2D eigenvalue weighted by Crippen LogP contribution is 2.20. The highest BCUT2D eigenvalue weighted by Gasteiger charge is 2.34. The van der Waals surface area contributed by atoms with E-state index in [4.69, 9.17) is 10.5 Å². The number of carbonyl (C=O) groups excluding carboxylic acids is 2. The van der Waals surface area contributed by atoms with Crippen molar-refractivity contribution in [2.45, 2.75) is 72.1 Å². The smallest absolute Gasteiger partial charge is 0.410 e. The average molecular weight is 327 g/mol. The second kappa shape index (κ2) is 7.99. The maximum atomic E-state index is 12.6. The summed E-state index contributed by atoms with van der Waals surface area (Å²) in [6.45, 7) is 13.2. The lowest BCUT2D eigenvalue weighted by atomic mass is 10.00. The summed E-state index contributed by atoms with van der Waals surface area (Å²) >= 11 is 0. The molecule has 0 bridgehead atoms. The minimum absolute atomic E-state index is 0.0126. The van der Waals surface area contributed by atoms with Gasteiger partial charge >= 0.3 is 6.09 Å². The first-order chi connectivity index (χ1) is 10.6. The van der Waals surface area contributed by atoms with E-state index in [1.165, 1.54) is 0 Å². The van der Waals surface area contributed by atoms with Crippen molar-refractivity contribution in [2.75, 3.05) is 19.6 Å². The van der Waals surface area contributed by atoms with Crippen molar-refractivity contribution in [2.24, 2.45) is 11.7 Å². The third-order valence-electron chi connectivity index (χ3n) is 4.12. The van der Waals surface area contributed by atoms with Crippen LogP contribution < -0.4 is 5.73 Å². The molecule has 0 aromatic heterocycles. The average Bonchev–Trinajstić information content (AvgIpc) is 2.45. The molecule has 0 aromatic rings. The molecule has 6 heteroatoms. The molecule has 0 aromatic carbocycles. The van der Waals surface area contributed by atoms with Gasteiger partial charge in [-0.1, -0.05) is 13.8 Å². The molecule has 2 amide bonds. The Morgan fingerprint density at radius 3 is 2.43 bits per heavy atom. The molecule has 6 nitrogen and oxygen atoms in total. The number of hydrogen-bond acceptors (Lipinski definition) is 4. The number of carbonyl (C=O) groups is 2. The van der Waals surface area contributed by atoms with Gasteiger partial charge in [0, 0.05) is 25.7 Å². The van der Waals surface area contributed by atoms with E-state index in [2.05, 4.69) is 0 Å². The molecule has 1 fully saturated rings. The summed E-state index contributed by atoms with van der Waals surface area (Å²) in [7, 11) is 0. The van der Waals surface area contributed by atoms with Crippen LogP contribution in [0.25, 0.3) is 0 Å². The van der Waals surface area contributed by atoms with Gasteiger partial charge in [-0.05, 0) is 46.5 Å². The Morgan fingerprint density at radius 2 is 1.96 bits per heavy atom. The fourth-order valence-electron chi connectivity index (χ4n) is 2.77. The van der Waals surface area contributed by atoms with Crippen molar-refractivity contribution >= 4 is 12.0 Å². The van der Waals surface area contributed by atoms with E-state index in [1.807, 2.05) is 46.4 Å². The summed E-state index contributed by atoms with van der Waals surface area (Å²) in [6, 6.07) is -0.481. The third kappa shape index (κ3) is 5.68. The number of hydrogen-bond donors (Lipinski definition) is 1. The predicted octanol–water partition coefficient (Wildman–Crippen LogP) is 2.22. The van der Waals surface area contributed by atoms with Crippen LogP contribution in [0.4, 0.5) is 4.79 Å². The van der Waals surface area contributed by atoms with Gasteiger partial charge in [-0.3, -0.25) is 4.79 Å². The second-order valence-corrected chi connectivity index (χ2v) is 7.62. The second-order valence-electron chi connectivity index (χ2n) is 7.62. The Morgan fingerprint density at radius 1 is 1.35 bits per heavy atom. The standard InChI is InChI=1S/C17H33N3O3/c1-7-20(15(21)14(18)12(2)3)13-9-8-10-19(11-13)16(22)23-17(4,5)6/h12-14H,7-11,18H2,1-6H3. The molecule has 1 heterocycles. The van der Waals surface area contributed by atoms with Crippen LogP contribution in [-0.4, -0.2) is 59.1 Å². The lowest BCUT2D eigenvalue weighted by molar-refractivity contribution is -0.136. The van der Waals surface area contributed by atoms with Crippen LogP contribution >= 0.6 is 0 Å². The highest BCUT2D eigenvalue weighted by molar-refractivity contribution is 5.82. The number of rotatable bonds is 4. The quantitative estimate of drug-likeness (QED) is 0.859. The summed E-state index contributed by atoms with van der Waals surface area (Å²) in [5.41, 5.74) is 5.51. The lowest BCUT2D eigenvalue weighted by Crippen LogP contribution is -2.56. The topological polar surface area (TPSA) is 75.9 Å². The Kier molecular flexibility index (Phi) is 6.86. The van der Waals surface area contributed by atoms with E-state index < -0.39 is 11.6 Å². The zero-order valence-corrected chi connectivity index (χ0v) is 15.5. The first kappa shape index (κ1) is 19.7. The van der Waals surface area contributed by atoms with E-state index >= 15 is 0 Å². The number of likely N-dealkylation sites (N-methyl/N-ethyl adjacent to an activating group) is 1. The van der Waals surface area contributed by atoms with E-state index in [-0.39, 0.29) is 24.0 Å². The molecule has 1 saturated heterocycles. The summed E-state index contributed by atoms with van der Waals surface area (Å²) in [4.78, 5) is 28.4. The van der Waals surface area contributed by atoms with Crippen LogP contribution in [0.5, 0.6) is 0 Å². The normalized spacial score (nSPS) is 20.3. The Balaban J connectivity index is 2.75. The van der Waals surface area contributed by atoms with Gasteiger partial charge in [-0.15, -0.1) is 0 Å². The number of likely N-dealkylation sites (tertiary alicyclic amines) is 1. The lowest BCUT2D eigenvalue weighted by Gasteiger charge is -2.40. The van der Waals surface area contributed by atoms with Crippen molar-refractivity contribution < 1.29 is 14.3 Å². The SMILES string of the molecule is CCN(C(=O)C(N)C(C)C)C1CCCN(C(=O)OC(C)(C)C)C1. The van der Waals surface area contributed by atoms with Crippen molar-refractivity contribution in [3.63, 3.8) is 0 Å². The van der Waals surface area contributed by atoms with Crippen molar-refractivity contribution in [1.82, 2.24) is 9.80 Å². The summed E-state index contributed by atoms with van der Waals surface area (Å²) < 4.78 is 5.44. The van der Waals surface area contributed by atoms with Crippen LogP contribution in [0.15, 0.2) is 0 Å². The molecule has 0 saturated carbocycles. The molecule has 1 rings (SSSR count). The van der Waals surface area contributed by atoms with Crippen LogP contribution in [0.1, 0.15) is 54.4 Å². The molecule has 0 spiro atoms. The Bertz CT molecular complexity index is 418. The third-order valence-corrected chi connectivity index (χ3v) is 4.12. The van der Waals surface area contributed by atoms with Crippen LogP contribution in [-0.2, 0) is 9.53 Å². The van der Waals surface area contributed by atoms with Crippen LogP contribution in [0.2, 0.25) is 0 Å². The molecule has 1 aliphatic heterocycles. The maximum Gasteiger partial charge on any atom is 0.410 e. The fraction of sp³-hybridized carbons (Fsp3) is 0.882. The first-order valence-electron chi connectivity index (χ1n) is 8.60. The molecule has 134 valence electrons. The predicted molar refractivity (Wildman–Crippen MR) is 91.0 cm³/mol. The molecule has 2 atom stereocenters. The van der Waals surface area contributed by atoms with Crippen molar-refractivity contribution in [1.29, 1.82) is 0 Å². The number of ether oxygens (including phenoxy) is 1. The van der Waals surface area contributed by atoms with Gasteiger partial charge in [0.15, 0.2) is 0 Å². The molecular weight excluding hydrogens is 294 g/mol. The highest BCUT2D eigenvalue weighted by atomic mass is 16.6.